The molecule has 0 aromatic heterocycles. The highest BCUT2D eigenvalue weighted by Gasteiger charge is 2.29. The normalized spacial score (nSPS) is 14.7. The van der Waals surface area contributed by atoms with Gasteiger partial charge in [-0.05, 0) is 55.7 Å². The van der Waals surface area contributed by atoms with Gasteiger partial charge in [0.15, 0.2) is 0 Å². The van der Waals surface area contributed by atoms with E-state index in [1.54, 1.807) is 38.1 Å². The molecule has 0 saturated heterocycles. The van der Waals surface area contributed by atoms with Crippen LogP contribution in [0.25, 0.3) is 0 Å². The van der Waals surface area contributed by atoms with Crippen LogP contribution in [0.5, 0.6) is 0 Å². The van der Waals surface area contributed by atoms with Gasteiger partial charge in [-0.2, -0.15) is 0 Å². The van der Waals surface area contributed by atoms with E-state index < -0.39 is 67.0 Å². The SMILES string of the molecule is CC(C)[C@H](NC(=O)CCOCCOCCOCCOCCNC(=O)COC1/C=C\CCCCC1)C(=O)N[C@@H](CCCNC(N)=O)C(=O)Nc1ccc(COC(=O)NCC(=O)NCOCC(=O)O)cc1. The molecule has 1 unspecified atom stereocenters. The van der Waals surface area contributed by atoms with E-state index in [0.717, 1.165) is 19.3 Å². The standard InChI is InChI=1S/C45H72N8O16/c1-32(2)41(53-37(54)16-19-63-21-23-65-25-26-66-24-22-64-20-18-47-39(56)29-68-35-9-6-4-3-5-7-10-35)43(60)52-36(11-8-17-48-44(46)61)42(59)51-34-14-12-33(13-15-34)28-69-45(62)49-27-38(55)50-31-67-30-40(57)58/h6,9,12-15,32,35-36,41H,3-5,7-8,10-11,16-31H2,1-2H3,(H,47,56)(H,49,62)(H,50,55)(H,51,59)(H,52,60)(H,53,54)(H,57,58)(H3,46,48,61)/b9-6-/t35?,36-,41-/m0/s1. The maximum absolute atomic E-state index is 13.5. The molecule has 2 rings (SSSR count). The third kappa shape index (κ3) is 31.0. The lowest BCUT2D eigenvalue weighted by Crippen LogP contribution is -2.54. The minimum absolute atomic E-state index is 0.0124. The minimum Gasteiger partial charge on any atom is -0.480 e. The van der Waals surface area contributed by atoms with Crippen molar-refractivity contribution in [2.45, 2.75) is 90.0 Å². The fourth-order valence-corrected chi connectivity index (χ4v) is 6.12. The highest BCUT2D eigenvalue weighted by molar-refractivity contribution is 5.98. The van der Waals surface area contributed by atoms with Crippen molar-refractivity contribution in [3.05, 3.63) is 42.0 Å². The minimum atomic E-state index is -1.20. The molecule has 10 N–H and O–H groups in total. The van der Waals surface area contributed by atoms with E-state index >= 15 is 0 Å². The van der Waals surface area contributed by atoms with E-state index in [2.05, 4.69) is 48.0 Å². The molecular formula is C45H72N8O16. The molecule has 24 heteroatoms. The first-order chi connectivity index (χ1) is 33.2. The van der Waals surface area contributed by atoms with Gasteiger partial charge >= 0.3 is 18.1 Å². The monoisotopic (exact) mass is 981 g/mol. The van der Waals surface area contributed by atoms with E-state index in [4.69, 9.17) is 39.3 Å². The molecule has 1 aliphatic carbocycles. The topological polar surface area (TPSA) is 332 Å². The molecule has 69 heavy (non-hydrogen) atoms. The Bertz CT molecular complexity index is 1740. The number of carboxylic acid groups (broad SMARTS) is 1. The highest BCUT2D eigenvalue weighted by atomic mass is 16.6. The molecule has 0 bridgehead atoms. The number of benzene rings is 1. The number of aliphatic carboxylic acids is 1. The second-order valence-electron chi connectivity index (χ2n) is 15.9. The summed E-state index contributed by atoms with van der Waals surface area (Å²) in [6.45, 7) is 4.80. The van der Waals surface area contributed by atoms with Crippen LogP contribution >= 0.6 is 0 Å². The van der Waals surface area contributed by atoms with E-state index in [1.807, 2.05) is 6.08 Å². The van der Waals surface area contributed by atoms with Crippen LogP contribution in [0.15, 0.2) is 36.4 Å². The smallest absolute Gasteiger partial charge is 0.407 e. The Morgan fingerprint density at radius 1 is 0.710 bits per heavy atom. The second kappa shape index (κ2) is 37.0. The molecule has 0 heterocycles. The summed E-state index contributed by atoms with van der Waals surface area (Å²) < 4.78 is 37.5. The van der Waals surface area contributed by atoms with Gasteiger partial charge < -0.3 is 81.2 Å². The van der Waals surface area contributed by atoms with Crippen molar-refractivity contribution < 1.29 is 76.6 Å². The van der Waals surface area contributed by atoms with E-state index in [-0.39, 0.29) is 83.5 Å². The van der Waals surface area contributed by atoms with Gasteiger partial charge in [-0.3, -0.25) is 24.0 Å². The molecule has 0 fully saturated rings. The number of primary amides is 1. The summed E-state index contributed by atoms with van der Waals surface area (Å²) in [6, 6.07) is 3.46. The number of alkyl carbamates (subject to hydrolysis) is 1. The number of carbonyl (C=O) groups is 8. The number of urea groups is 1. The second-order valence-corrected chi connectivity index (χ2v) is 15.9. The molecule has 0 spiro atoms. The van der Waals surface area contributed by atoms with Crippen LogP contribution in [0, 0.1) is 5.92 Å². The fourth-order valence-electron chi connectivity index (χ4n) is 6.12. The Hall–Kier alpha value is -5.92. The number of amides is 8. The van der Waals surface area contributed by atoms with Gasteiger partial charge in [0.25, 0.3) is 0 Å². The number of nitrogens with two attached hydrogens (primary N) is 1. The van der Waals surface area contributed by atoms with Crippen molar-refractivity contribution in [3.8, 4) is 0 Å². The van der Waals surface area contributed by atoms with Crippen LogP contribution in [0.4, 0.5) is 15.3 Å². The van der Waals surface area contributed by atoms with Gasteiger partial charge in [-0.1, -0.05) is 51.0 Å². The molecule has 1 aliphatic rings. The molecular weight excluding hydrogens is 909 g/mol. The third-order valence-corrected chi connectivity index (χ3v) is 9.75. The molecule has 8 amide bonds. The van der Waals surface area contributed by atoms with Crippen LogP contribution in [-0.2, 0) is 68.5 Å². The van der Waals surface area contributed by atoms with Crippen molar-refractivity contribution in [2.75, 3.05) is 97.8 Å². The summed E-state index contributed by atoms with van der Waals surface area (Å²) in [7, 11) is 0. The van der Waals surface area contributed by atoms with Crippen LogP contribution in [-0.4, -0.2) is 163 Å². The molecule has 1 aromatic carbocycles. The molecule has 1 aromatic rings. The van der Waals surface area contributed by atoms with Gasteiger partial charge in [0, 0.05) is 25.2 Å². The van der Waals surface area contributed by atoms with Gasteiger partial charge in [0.2, 0.25) is 29.5 Å². The summed E-state index contributed by atoms with van der Waals surface area (Å²) >= 11 is 0. The van der Waals surface area contributed by atoms with Crippen LogP contribution < -0.4 is 43.0 Å². The summed E-state index contributed by atoms with van der Waals surface area (Å²) in [5.74, 6) is -3.96. The van der Waals surface area contributed by atoms with Gasteiger partial charge in [0.1, 0.15) is 45.2 Å². The first-order valence-electron chi connectivity index (χ1n) is 23.1. The summed E-state index contributed by atoms with van der Waals surface area (Å²) in [6.07, 6.45) is 9.08. The number of hydrogen-bond acceptors (Lipinski definition) is 15. The number of allylic oxidation sites excluding steroid dienone is 1. The van der Waals surface area contributed by atoms with Gasteiger partial charge in [-0.15, -0.1) is 0 Å². The first kappa shape index (κ1) is 59.2. The predicted octanol–water partition coefficient (Wildman–Crippen LogP) is 0.579. The van der Waals surface area contributed by atoms with E-state index in [9.17, 15) is 38.4 Å². The van der Waals surface area contributed by atoms with Crippen molar-refractivity contribution in [1.82, 2.24) is 31.9 Å². The zero-order valence-electron chi connectivity index (χ0n) is 39.7. The number of anilines is 1. The molecule has 24 nitrogen and oxygen atoms in total. The van der Waals surface area contributed by atoms with Crippen molar-refractivity contribution in [2.24, 2.45) is 11.7 Å². The van der Waals surface area contributed by atoms with Crippen molar-refractivity contribution >= 4 is 53.3 Å². The summed E-state index contributed by atoms with van der Waals surface area (Å²) in [5.41, 5.74) is 6.06. The maximum Gasteiger partial charge on any atom is 0.407 e. The predicted molar refractivity (Wildman–Crippen MR) is 248 cm³/mol. The van der Waals surface area contributed by atoms with E-state index in [0.29, 0.717) is 50.8 Å². The Labute approximate surface area is 402 Å². The zero-order chi connectivity index (χ0) is 50.5. The molecule has 0 saturated carbocycles. The lowest BCUT2D eigenvalue weighted by Gasteiger charge is -2.25. The van der Waals surface area contributed by atoms with Crippen molar-refractivity contribution in [1.29, 1.82) is 0 Å². The Kier molecular flexibility index (Phi) is 31.8. The van der Waals surface area contributed by atoms with Crippen molar-refractivity contribution in [3.63, 3.8) is 0 Å². The number of rotatable bonds is 36. The third-order valence-electron chi connectivity index (χ3n) is 9.75. The lowest BCUT2D eigenvalue weighted by molar-refractivity contribution is -0.143. The number of nitrogens with one attached hydrogen (secondary N) is 7. The molecule has 0 radical (unpaired) electrons. The van der Waals surface area contributed by atoms with Crippen LogP contribution in [0.2, 0.25) is 0 Å². The largest absolute Gasteiger partial charge is 0.480 e. The molecule has 0 aliphatic heterocycles. The lowest BCUT2D eigenvalue weighted by atomic mass is 10.0. The highest BCUT2D eigenvalue weighted by Crippen LogP contribution is 2.15. The Balaban J connectivity index is 1.65. The quantitative estimate of drug-likeness (QED) is 0.0252. The fraction of sp³-hybridized carbons (Fsp3) is 0.644. The average Bonchev–Trinajstić information content (AvgIpc) is 3.30. The van der Waals surface area contributed by atoms with Gasteiger partial charge in [-0.25, -0.2) is 14.4 Å². The Morgan fingerprint density at radius 3 is 2.06 bits per heavy atom. The Morgan fingerprint density at radius 2 is 1.39 bits per heavy atom. The zero-order valence-corrected chi connectivity index (χ0v) is 39.7. The molecule has 388 valence electrons. The number of ether oxygens (including phenoxy) is 7. The number of carboxylic acids is 1. The van der Waals surface area contributed by atoms with E-state index in [1.165, 1.54) is 12.8 Å². The van der Waals surface area contributed by atoms with Gasteiger partial charge in [0.05, 0.1) is 59.0 Å². The molecule has 3 atom stereocenters. The first-order valence-corrected chi connectivity index (χ1v) is 23.1. The van der Waals surface area contributed by atoms with Crippen LogP contribution in [0.1, 0.15) is 70.8 Å². The average molecular weight is 981 g/mol. The summed E-state index contributed by atoms with van der Waals surface area (Å²) in [4.78, 5) is 97.2. The number of carbonyl (C=O) groups excluding carboxylic acids is 7. The summed E-state index contributed by atoms with van der Waals surface area (Å²) in [5, 5.41) is 26.4. The van der Waals surface area contributed by atoms with Crippen LogP contribution in [0.3, 0.4) is 0 Å². The maximum atomic E-state index is 13.5. The number of hydrogen-bond donors (Lipinski definition) is 9.